The van der Waals surface area contributed by atoms with Crippen LogP contribution in [0.4, 0.5) is 4.79 Å². The van der Waals surface area contributed by atoms with Gasteiger partial charge in [0.05, 0.1) is 6.61 Å². The van der Waals surface area contributed by atoms with Crippen LogP contribution in [0.15, 0.2) is 0 Å². The molecule has 6 nitrogen and oxygen atoms in total. The molecule has 118 valence electrons. The summed E-state index contributed by atoms with van der Waals surface area (Å²) in [5.41, 5.74) is 0.00644. The minimum absolute atomic E-state index is 0.00644. The highest BCUT2D eigenvalue weighted by Gasteiger charge is 2.22. The first-order chi connectivity index (χ1) is 9.32. The molecule has 0 aromatic rings. The third kappa shape index (κ3) is 8.74. The van der Waals surface area contributed by atoms with Crippen molar-refractivity contribution >= 4 is 12.0 Å². The number of rotatable bonds is 10. The fraction of sp³-hybridized carbons (Fsp3) is 0.857. The van der Waals surface area contributed by atoms with Gasteiger partial charge in [-0.3, -0.25) is 0 Å². The Morgan fingerprint density at radius 2 is 1.95 bits per heavy atom. The molecule has 1 atom stereocenters. The van der Waals surface area contributed by atoms with Gasteiger partial charge < -0.3 is 20.5 Å². The molecule has 0 saturated carbocycles. The predicted octanol–water partition coefficient (Wildman–Crippen LogP) is 1.99. The summed E-state index contributed by atoms with van der Waals surface area (Å²) in [6.07, 6.45) is 4.52. The summed E-state index contributed by atoms with van der Waals surface area (Å²) < 4.78 is 4.75. The van der Waals surface area contributed by atoms with E-state index in [4.69, 9.17) is 9.84 Å². The number of ether oxygens (including phenoxy) is 1. The number of hydrogen-bond acceptors (Lipinski definition) is 3. The van der Waals surface area contributed by atoms with E-state index in [0.29, 0.717) is 6.54 Å². The molecule has 0 saturated heterocycles. The molecular formula is C14H28N2O4. The summed E-state index contributed by atoms with van der Waals surface area (Å²) in [7, 11) is 1.40. The molecule has 2 amide bonds. The third-order valence-corrected chi connectivity index (χ3v) is 3.12. The summed E-state index contributed by atoms with van der Waals surface area (Å²) in [5, 5.41) is 14.0. The maximum atomic E-state index is 11.7. The topological polar surface area (TPSA) is 87.7 Å². The number of nitrogens with one attached hydrogen (secondary N) is 2. The number of carboxylic acids is 1. The van der Waals surface area contributed by atoms with Crippen molar-refractivity contribution in [1.29, 1.82) is 0 Å². The summed E-state index contributed by atoms with van der Waals surface area (Å²) in [5.74, 6) is -1.11. The van der Waals surface area contributed by atoms with E-state index < -0.39 is 18.0 Å². The Morgan fingerprint density at radius 3 is 2.45 bits per heavy atom. The third-order valence-electron chi connectivity index (χ3n) is 3.12. The van der Waals surface area contributed by atoms with Crippen LogP contribution in [0.1, 0.15) is 46.5 Å². The SMILES string of the molecule is CCCCCC(C)(C)CNC(=O)NC(COC)C(=O)O. The van der Waals surface area contributed by atoms with Crippen LogP contribution in [0.2, 0.25) is 0 Å². The summed E-state index contributed by atoms with van der Waals surface area (Å²) in [6.45, 7) is 6.80. The van der Waals surface area contributed by atoms with E-state index in [1.54, 1.807) is 0 Å². The van der Waals surface area contributed by atoms with Crippen LogP contribution >= 0.6 is 0 Å². The number of methoxy groups -OCH3 is 1. The van der Waals surface area contributed by atoms with E-state index in [2.05, 4.69) is 31.4 Å². The molecule has 0 bridgehead atoms. The second-order valence-electron chi connectivity index (χ2n) is 5.79. The van der Waals surface area contributed by atoms with Crippen LogP contribution in [0.25, 0.3) is 0 Å². The standard InChI is InChI=1S/C14H28N2O4/c1-5-6-7-8-14(2,3)10-15-13(19)16-11(9-20-4)12(17)18/h11H,5-10H2,1-4H3,(H,17,18)(H2,15,16,19). The lowest BCUT2D eigenvalue weighted by molar-refractivity contribution is -0.140. The average Bonchev–Trinajstić information content (AvgIpc) is 2.36. The first kappa shape index (κ1) is 18.7. The van der Waals surface area contributed by atoms with Crippen molar-refractivity contribution in [2.24, 2.45) is 5.41 Å². The zero-order valence-corrected chi connectivity index (χ0v) is 13.0. The molecule has 0 heterocycles. The van der Waals surface area contributed by atoms with Gasteiger partial charge in [0.1, 0.15) is 0 Å². The van der Waals surface area contributed by atoms with Gasteiger partial charge in [-0.05, 0) is 11.8 Å². The van der Waals surface area contributed by atoms with E-state index in [1.165, 1.54) is 20.0 Å². The Labute approximate surface area is 121 Å². The number of hydrogen-bond donors (Lipinski definition) is 3. The van der Waals surface area contributed by atoms with Gasteiger partial charge in [-0.2, -0.15) is 0 Å². The Morgan fingerprint density at radius 1 is 1.30 bits per heavy atom. The Hall–Kier alpha value is -1.30. The van der Waals surface area contributed by atoms with Gasteiger partial charge in [0.25, 0.3) is 0 Å². The fourth-order valence-electron chi connectivity index (χ4n) is 1.81. The van der Waals surface area contributed by atoms with Crippen molar-refractivity contribution in [3.8, 4) is 0 Å². The molecule has 0 rings (SSSR count). The molecule has 0 spiro atoms. The Bertz CT molecular complexity index is 306. The van der Waals surface area contributed by atoms with Gasteiger partial charge >= 0.3 is 12.0 Å². The molecule has 3 N–H and O–H groups in total. The number of carbonyl (C=O) groups is 2. The smallest absolute Gasteiger partial charge is 0.328 e. The number of amides is 2. The summed E-state index contributed by atoms with van der Waals surface area (Å²) >= 11 is 0. The van der Waals surface area contributed by atoms with Crippen LogP contribution in [-0.2, 0) is 9.53 Å². The van der Waals surface area contributed by atoms with E-state index in [1.807, 2.05) is 0 Å². The molecule has 20 heavy (non-hydrogen) atoms. The average molecular weight is 288 g/mol. The van der Waals surface area contributed by atoms with Gasteiger partial charge in [0.15, 0.2) is 6.04 Å². The van der Waals surface area contributed by atoms with Gasteiger partial charge in [0.2, 0.25) is 0 Å². The predicted molar refractivity (Wildman–Crippen MR) is 77.8 cm³/mol. The van der Waals surface area contributed by atoms with Crippen LogP contribution in [0.3, 0.4) is 0 Å². The second kappa shape index (κ2) is 9.58. The highest BCUT2D eigenvalue weighted by Crippen LogP contribution is 2.22. The van der Waals surface area contributed by atoms with Crippen LogP contribution in [-0.4, -0.2) is 43.4 Å². The molecule has 0 aromatic carbocycles. The lowest BCUT2D eigenvalue weighted by Gasteiger charge is -2.25. The van der Waals surface area contributed by atoms with Crippen LogP contribution < -0.4 is 10.6 Å². The number of urea groups is 1. The monoisotopic (exact) mass is 288 g/mol. The molecule has 0 aliphatic heterocycles. The molecular weight excluding hydrogens is 260 g/mol. The van der Waals surface area contributed by atoms with Gasteiger partial charge in [-0.25, -0.2) is 9.59 Å². The Balaban J connectivity index is 4.10. The molecule has 0 radical (unpaired) electrons. The normalized spacial score (nSPS) is 12.8. The van der Waals surface area contributed by atoms with Gasteiger partial charge in [-0.15, -0.1) is 0 Å². The number of unbranched alkanes of at least 4 members (excludes halogenated alkanes) is 2. The van der Waals surface area contributed by atoms with Gasteiger partial charge in [0, 0.05) is 13.7 Å². The zero-order valence-electron chi connectivity index (χ0n) is 13.0. The van der Waals surface area contributed by atoms with Crippen molar-refractivity contribution in [3.63, 3.8) is 0 Å². The molecule has 0 fully saturated rings. The number of carboxylic acid groups (broad SMARTS) is 1. The first-order valence-corrected chi connectivity index (χ1v) is 7.08. The molecule has 0 aromatic heterocycles. The van der Waals surface area contributed by atoms with E-state index in [0.717, 1.165) is 12.8 Å². The highest BCUT2D eigenvalue weighted by atomic mass is 16.5. The van der Waals surface area contributed by atoms with Crippen molar-refractivity contribution in [2.75, 3.05) is 20.3 Å². The summed E-state index contributed by atoms with van der Waals surface area (Å²) in [4.78, 5) is 22.5. The quantitative estimate of drug-likeness (QED) is 0.536. The number of aliphatic carboxylic acids is 1. The van der Waals surface area contributed by atoms with E-state index in [9.17, 15) is 9.59 Å². The highest BCUT2D eigenvalue weighted by molar-refractivity contribution is 5.82. The number of carbonyl (C=O) groups excluding carboxylic acids is 1. The lowest BCUT2D eigenvalue weighted by Crippen LogP contribution is -2.49. The van der Waals surface area contributed by atoms with Gasteiger partial charge in [-0.1, -0.05) is 40.0 Å². The minimum Gasteiger partial charge on any atom is -0.480 e. The summed E-state index contributed by atoms with van der Waals surface area (Å²) in [6, 6.07) is -1.50. The van der Waals surface area contributed by atoms with E-state index >= 15 is 0 Å². The Kier molecular flexibility index (Phi) is 8.96. The van der Waals surface area contributed by atoms with Crippen molar-refractivity contribution in [2.45, 2.75) is 52.5 Å². The largest absolute Gasteiger partial charge is 0.480 e. The van der Waals surface area contributed by atoms with Crippen LogP contribution in [0.5, 0.6) is 0 Å². The van der Waals surface area contributed by atoms with E-state index in [-0.39, 0.29) is 12.0 Å². The second-order valence-corrected chi connectivity index (χ2v) is 5.79. The minimum atomic E-state index is -1.11. The van der Waals surface area contributed by atoms with Crippen molar-refractivity contribution in [1.82, 2.24) is 10.6 Å². The van der Waals surface area contributed by atoms with Crippen molar-refractivity contribution < 1.29 is 19.4 Å². The zero-order chi connectivity index (χ0) is 15.6. The fourth-order valence-corrected chi connectivity index (χ4v) is 1.81. The molecule has 6 heteroatoms. The molecule has 1 unspecified atom stereocenters. The molecule has 0 aliphatic carbocycles. The first-order valence-electron chi connectivity index (χ1n) is 7.08. The lowest BCUT2D eigenvalue weighted by atomic mass is 9.87. The maximum absolute atomic E-state index is 11.7. The van der Waals surface area contributed by atoms with Crippen LogP contribution in [0, 0.1) is 5.41 Å². The molecule has 0 aliphatic rings. The van der Waals surface area contributed by atoms with Crippen molar-refractivity contribution in [3.05, 3.63) is 0 Å². The maximum Gasteiger partial charge on any atom is 0.328 e.